The van der Waals surface area contributed by atoms with Gasteiger partial charge in [0.25, 0.3) is 0 Å². The van der Waals surface area contributed by atoms with Crippen LogP contribution < -0.4 is 5.73 Å². The fourth-order valence-electron chi connectivity index (χ4n) is 4.51. The highest BCUT2D eigenvalue weighted by Gasteiger charge is 2.70. The van der Waals surface area contributed by atoms with E-state index in [0.717, 1.165) is 6.42 Å². The summed E-state index contributed by atoms with van der Waals surface area (Å²) in [6.45, 7) is 0. The Bertz CT molecular complexity index is 312. The van der Waals surface area contributed by atoms with Crippen LogP contribution >= 0.6 is 0 Å². The van der Waals surface area contributed by atoms with Gasteiger partial charge in [-0.3, -0.25) is 0 Å². The Morgan fingerprint density at radius 1 is 1.06 bits per heavy atom. The minimum Gasteiger partial charge on any atom is -0.380 e. The van der Waals surface area contributed by atoms with E-state index in [-0.39, 0.29) is 0 Å². The van der Waals surface area contributed by atoms with Crippen molar-refractivity contribution in [1.29, 1.82) is 0 Å². The third-order valence-corrected chi connectivity index (χ3v) is 4.94. The van der Waals surface area contributed by atoms with E-state index in [1.165, 1.54) is 0 Å². The molecule has 4 saturated carbocycles. The normalized spacial score (nSPS) is 55.7. The Morgan fingerprint density at radius 2 is 1.56 bits per heavy atom. The summed E-state index contributed by atoms with van der Waals surface area (Å²) in [4.78, 5) is 0. The molecule has 16 heavy (non-hydrogen) atoms. The molecule has 0 aromatic carbocycles. The molecule has 0 aromatic rings. The van der Waals surface area contributed by atoms with Gasteiger partial charge in [0.2, 0.25) is 0 Å². The van der Waals surface area contributed by atoms with Crippen LogP contribution in [0.1, 0.15) is 32.1 Å². The predicted octanol–water partition coefficient (Wildman–Crippen LogP) is 1.82. The standard InChI is InChI=1S/C11H16F3NO/c12-11(13,14)10(16)7-1-6-2-8(10)5-9(15,3-6)4-7/h6-8,16H,1-5,15H2/t6?,7-,8-,9?,10?/m0/s1. The van der Waals surface area contributed by atoms with Crippen LogP contribution in [0, 0.1) is 17.8 Å². The molecule has 3 N–H and O–H groups in total. The van der Waals surface area contributed by atoms with Gasteiger partial charge < -0.3 is 10.8 Å². The molecule has 5 heteroatoms. The molecule has 4 rings (SSSR count). The molecule has 0 saturated heterocycles. The molecular formula is C11H16F3NO. The third-order valence-electron chi connectivity index (χ3n) is 4.94. The first-order chi connectivity index (χ1) is 7.25. The zero-order valence-electron chi connectivity index (χ0n) is 8.93. The number of alkyl halides is 3. The van der Waals surface area contributed by atoms with Crippen molar-refractivity contribution < 1.29 is 18.3 Å². The fourth-order valence-corrected chi connectivity index (χ4v) is 4.51. The van der Waals surface area contributed by atoms with E-state index in [0.29, 0.717) is 31.6 Å². The first-order valence-corrected chi connectivity index (χ1v) is 5.82. The van der Waals surface area contributed by atoms with Gasteiger partial charge in [-0.15, -0.1) is 0 Å². The summed E-state index contributed by atoms with van der Waals surface area (Å²) in [7, 11) is 0. The zero-order chi connectivity index (χ0) is 11.8. The maximum absolute atomic E-state index is 13.0. The quantitative estimate of drug-likeness (QED) is 0.672. The lowest BCUT2D eigenvalue weighted by atomic mass is 9.47. The minimum absolute atomic E-state index is 0.296. The summed E-state index contributed by atoms with van der Waals surface area (Å²) in [5.74, 6) is -1.06. The molecule has 4 bridgehead atoms. The molecule has 2 atom stereocenters. The molecule has 0 aliphatic heterocycles. The predicted molar refractivity (Wildman–Crippen MR) is 51.5 cm³/mol. The van der Waals surface area contributed by atoms with Gasteiger partial charge in [-0.05, 0) is 49.9 Å². The first kappa shape index (κ1) is 10.8. The van der Waals surface area contributed by atoms with E-state index in [4.69, 9.17) is 5.73 Å². The molecular weight excluding hydrogens is 219 g/mol. The Balaban J connectivity index is 2.00. The number of rotatable bonds is 0. The van der Waals surface area contributed by atoms with Gasteiger partial charge in [0.1, 0.15) is 0 Å². The maximum Gasteiger partial charge on any atom is 0.417 e. The Morgan fingerprint density at radius 3 is 1.94 bits per heavy atom. The lowest BCUT2D eigenvalue weighted by molar-refractivity contribution is -0.333. The van der Waals surface area contributed by atoms with E-state index in [1.807, 2.05) is 0 Å². The van der Waals surface area contributed by atoms with Gasteiger partial charge in [-0.1, -0.05) is 0 Å². The van der Waals surface area contributed by atoms with Gasteiger partial charge in [0.05, 0.1) is 0 Å². The molecule has 2 nitrogen and oxygen atoms in total. The molecule has 0 radical (unpaired) electrons. The second-order valence-corrected chi connectivity index (χ2v) is 6.03. The van der Waals surface area contributed by atoms with Crippen molar-refractivity contribution in [3.63, 3.8) is 0 Å². The van der Waals surface area contributed by atoms with Crippen LogP contribution in [0.15, 0.2) is 0 Å². The lowest BCUT2D eigenvalue weighted by Gasteiger charge is -2.62. The molecule has 92 valence electrons. The van der Waals surface area contributed by atoms with Crippen molar-refractivity contribution in [3.05, 3.63) is 0 Å². The summed E-state index contributed by atoms with van der Waals surface area (Å²) < 4.78 is 39.1. The highest BCUT2D eigenvalue weighted by molar-refractivity contribution is 5.16. The van der Waals surface area contributed by atoms with Gasteiger partial charge in [0.15, 0.2) is 5.60 Å². The van der Waals surface area contributed by atoms with Crippen molar-refractivity contribution >= 4 is 0 Å². The molecule has 0 amide bonds. The Hall–Kier alpha value is -0.290. The van der Waals surface area contributed by atoms with Gasteiger partial charge in [0, 0.05) is 5.54 Å². The summed E-state index contributed by atoms with van der Waals surface area (Å²) in [6.07, 6.45) is -2.02. The summed E-state index contributed by atoms with van der Waals surface area (Å²) in [5.41, 5.74) is 3.20. The number of nitrogens with two attached hydrogens (primary N) is 1. The van der Waals surface area contributed by atoms with E-state index < -0.39 is 29.2 Å². The van der Waals surface area contributed by atoms with Crippen LogP contribution in [0.4, 0.5) is 13.2 Å². The Labute approximate surface area is 92.0 Å². The van der Waals surface area contributed by atoms with Crippen LogP contribution in [-0.4, -0.2) is 22.4 Å². The molecule has 0 aromatic heterocycles. The molecule has 0 spiro atoms. The fraction of sp³-hybridized carbons (Fsp3) is 1.00. The molecule has 4 aliphatic carbocycles. The first-order valence-electron chi connectivity index (χ1n) is 5.82. The lowest BCUT2D eigenvalue weighted by Crippen LogP contribution is -2.70. The second-order valence-electron chi connectivity index (χ2n) is 6.03. The summed E-state index contributed by atoms with van der Waals surface area (Å²) in [6, 6.07) is 0. The van der Waals surface area contributed by atoms with Crippen LogP contribution in [-0.2, 0) is 0 Å². The monoisotopic (exact) mass is 235 g/mol. The minimum atomic E-state index is -4.51. The van der Waals surface area contributed by atoms with Gasteiger partial charge in [-0.25, -0.2) is 0 Å². The Kier molecular flexibility index (Phi) is 1.86. The SMILES string of the molecule is NC12CC3C[C@@H](C1)C(O)(C(F)(F)F)[C@@H](C3)C2. The number of hydrogen-bond acceptors (Lipinski definition) is 2. The molecule has 4 fully saturated rings. The van der Waals surface area contributed by atoms with Gasteiger partial charge in [-0.2, -0.15) is 13.2 Å². The van der Waals surface area contributed by atoms with Crippen LogP contribution in [0.5, 0.6) is 0 Å². The summed E-state index contributed by atoms with van der Waals surface area (Å²) in [5, 5.41) is 10.1. The third kappa shape index (κ3) is 1.16. The van der Waals surface area contributed by atoms with E-state index in [9.17, 15) is 18.3 Å². The van der Waals surface area contributed by atoms with E-state index in [1.54, 1.807) is 0 Å². The number of aliphatic hydroxyl groups is 1. The highest BCUT2D eigenvalue weighted by Crippen LogP contribution is 2.62. The second kappa shape index (κ2) is 2.75. The largest absolute Gasteiger partial charge is 0.417 e. The van der Waals surface area contributed by atoms with E-state index in [2.05, 4.69) is 0 Å². The topological polar surface area (TPSA) is 46.2 Å². The smallest absolute Gasteiger partial charge is 0.380 e. The van der Waals surface area contributed by atoms with Crippen LogP contribution in [0.2, 0.25) is 0 Å². The van der Waals surface area contributed by atoms with Crippen molar-refractivity contribution in [3.8, 4) is 0 Å². The van der Waals surface area contributed by atoms with Gasteiger partial charge >= 0.3 is 6.18 Å². The zero-order valence-corrected chi connectivity index (χ0v) is 8.93. The molecule has 0 heterocycles. The van der Waals surface area contributed by atoms with Crippen molar-refractivity contribution in [2.75, 3.05) is 0 Å². The molecule has 4 aliphatic rings. The number of hydrogen-bond donors (Lipinski definition) is 2. The number of halogens is 3. The van der Waals surface area contributed by atoms with Crippen molar-refractivity contribution in [2.24, 2.45) is 23.5 Å². The van der Waals surface area contributed by atoms with Crippen molar-refractivity contribution in [2.45, 2.75) is 49.4 Å². The highest BCUT2D eigenvalue weighted by atomic mass is 19.4. The van der Waals surface area contributed by atoms with E-state index >= 15 is 0 Å². The van der Waals surface area contributed by atoms with Crippen LogP contribution in [0.25, 0.3) is 0 Å². The molecule has 0 unspecified atom stereocenters. The average molecular weight is 235 g/mol. The maximum atomic E-state index is 13.0. The average Bonchev–Trinajstić information content (AvgIpc) is 2.09. The summed E-state index contributed by atoms with van der Waals surface area (Å²) >= 11 is 0. The van der Waals surface area contributed by atoms with Crippen LogP contribution in [0.3, 0.4) is 0 Å². The van der Waals surface area contributed by atoms with Crippen molar-refractivity contribution in [1.82, 2.24) is 0 Å².